The Bertz CT molecular complexity index is 530. The fraction of sp³-hybridized carbons (Fsp3) is 0.533. The number of hydrogen-bond donors (Lipinski definition) is 1. The fourth-order valence-electron chi connectivity index (χ4n) is 2.47. The van der Waals surface area contributed by atoms with Crippen LogP contribution in [0.15, 0.2) is 18.3 Å². The van der Waals surface area contributed by atoms with Gasteiger partial charge >= 0.3 is 0 Å². The number of aromatic nitrogens is 1. The maximum Gasteiger partial charge on any atom is 0.250 e. The third-order valence-corrected chi connectivity index (χ3v) is 4.02. The summed E-state index contributed by atoms with van der Waals surface area (Å²) in [6.07, 6.45) is 2.52. The summed E-state index contributed by atoms with van der Waals surface area (Å²) < 4.78 is 0. The van der Waals surface area contributed by atoms with Gasteiger partial charge in [0.25, 0.3) is 5.91 Å². The van der Waals surface area contributed by atoms with E-state index in [0.717, 1.165) is 12.1 Å². The molecule has 108 valence electrons. The number of piperazine rings is 1. The van der Waals surface area contributed by atoms with Crippen LogP contribution in [0.25, 0.3) is 0 Å². The van der Waals surface area contributed by atoms with Crippen molar-refractivity contribution in [2.45, 2.75) is 46.2 Å². The minimum absolute atomic E-state index is 0.0532. The van der Waals surface area contributed by atoms with Gasteiger partial charge in [0, 0.05) is 6.20 Å². The number of pyridine rings is 1. The summed E-state index contributed by atoms with van der Waals surface area (Å²) in [7, 11) is 0. The average molecular weight is 275 g/mol. The van der Waals surface area contributed by atoms with E-state index in [2.05, 4.69) is 10.3 Å². The second-order valence-electron chi connectivity index (χ2n) is 5.36. The van der Waals surface area contributed by atoms with Crippen LogP contribution in [0.1, 0.15) is 32.9 Å². The van der Waals surface area contributed by atoms with Gasteiger partial charge in [-0.2, -0.15) is 0 Å². The summed E-state index contributed by atoms with van der Waals surface area (Å²) in [6, 6.07) is 2.66. The molecule has 2 rings (SSSR count). The van der Waals surface area contributed by atoms with Crippen molar-refractivity contribution in [1.29, 1.82) is 0 Å². The van der Waals surface area contributed by atoms with Crippen LogP contribution in [0.4, 0.5) is 5.69 Å². The molecule has 1 aliphatic heterocycles. The number of amides is 2. The van der Waals surface area contributed by atoms with Crippen molar-refractivity contribution in [3.63, 3.8) is 0 Å². The third-order valence-electron chi connectivity index (χ3n) is 4.02. The van der Waals surface area contributed by atoms with Crippen molar-refractivity contribution < 1.29 is 9.59 Å². The first kappa shape index (κ1) is 14.5. The van der Waals surface area contributed by atoms with E-state index in [1.54, 1.807) is 24.1 Å². The first-order valence-electron chi connectivity index (χ1n) is 7.02. The topological polar surface area (TPSA) is 62.3 Å². The highest BCUT2D eigenvalue weighted by atomic mass is 16.2. The van der Waals surface area contributed by atoms with Gasteiger partial charge in [0.05, 0.1) is 11.4 Å². The van der Waals surface area contributed by atoms with Gasteiger partial charge in [-0.3, -0.25) is 19.5 Å². The molecular weight excluding hydrogens is 254 g/mol. The van der Waals surface area contributed by atoms with Gasteiger partial charge in [0.2, 0.25) is 5.91 Å². The monoisotopic (exact) mass is 275 g/mol. The summed E-state index contributed by atoms with van der Waals surface area (Å²) in [6.45, 7) is 7.58. The Kier molecular flexibility index (Phi) is 4.06. The van der Waals surface area contributed by atoms with Crippen molar-refractivity contribution in [2.75, 3.05) is 4.90 Å². The Hall–Kier alpha value is -1.91. The number of anilines is 1. The number of aryl methyl sites for hydroxylation is 1. The van der Waals surface area contributed by atoms with Gasteiger partial charge in [-0.05, 0) is 31.9 Å². The van der Waals surface area contributed by atoms with Crippen LogP contribution in [0.3, 0.4) is 0 Å². The first-order chi connectivity index (χ1) is 9.47. The van der Waals surface area contributed by atoms with Crippen LogP contribution in [0.5, 0.6) is 0 Å². The number of carbonyl (C=O) groups excluding carboxylic acids is 2. The lowest BCUT2D eigenvalue weighted by Crippen LogP contribution is -2.64. The van der Waals surface area contributed by atoms with Crippen LogP contribution >= 0.6 is 0 Å². The number of carbonyl (C=O) groups is 2. The predicted octanol–water partition coefficient (Wildman–Crippen LogP) is 1.66. The molecule has 1 N–H and O–H groups in total. The van der Waals surface area contributed by atoms with E-state index >= 15 is 0 Å². The minimum atomic E-state index is -0.509. The molecule has 0 aliphatic carbocycles. The van der Waals surface area contributed by atoms with Crippen LogP contribution in [0.2, 0.25) is 0 Å². The zero-order valence-corrected chi connectivity index (χ0v) is 12.4. The number of nitrogens with zero attached hydrogens (tertiary/aromatic N) is 2. The standard InChI is InChI=1S/C15H21N3O2/c1-5-9(2)13-15(20)18(11(4)14(19)17-13)12-7-6-8-16-10(12)3/h6-9,11,13H,5H2,1-4H3,(H,17,19). The van der Waals surface area contributed by atoms with Crippen LogP contribution < -0.4 is 10.2 Å². The SMILES string of the molecule is CCC(C)C1NC(=O)C(C)N(c2cccnc2C)C1=O. The van der Waals surface area contributed by atoms with Crippen LogP contribution in [-0.4, -0.2) is 28.9 Å². The summed E-state index contributed by atoms with van der Waals surface area (Å²) in [4.78, 5) is 30.7. The van der Waals surface area contributed by atoms with Gasteiger partial charge in [0.1, 0.15) is 12.1 Å². The maximum absolute atomic E-state index is 12.7. The lowest BCUT2D eigenvalue weighted by Gasteiger charge is -2.39. The lowest BCUT2D eigenvalue weighted by atomic mass is 9.94. The van der Waals surface area contributed by atoms with E-state index in [-0.39, 0.29) is 17.7 Å². The molecule has 2 amide bonds. The molecular formula is C15H21N3O2. The number of rotatable bonds is 3. The Balaban J connectivity index is 2.41. The molecule has 1 aromatic rings. The zero-order chi connectivity index (χ0) is 14.9. The van der Waals surface area contributed by atoms with Crippen molar-refractivity contribution in [1.82, 2.24) is 10.3 Å². The second-order valence-corrected chi connectivity index (χ2v) is 5.36. The Morgan fingerprint density at radius 2 is 2.15 bits per heavy atom. The van der Waals surface area contributed by atoms with Gasteiger partial charge in [-0.25, -0.2) is 0 Å². The van der Waals surface area contributed by atoms with Gasteiger partial charge in [-0.15, -0.1) is 0 Å². The maximum atomic E-state index is 12.7. The van der Waals surface area contributed by atoms with Gasteiger partial charge < -0.3 is 5.32 Å². The molecule has 2 heterocycles. The smallest absolute Gasteiger partial charge is 0.250 e. The van der Waals surface area contributed by atoms with Gasteiger partial charge in [0.15, 0.2) is 0 Å². The first-order valence-corrected chi connectivity index (χ1v) is 7.02. The Labute approximate surface area is 119 Å². The average Bonchev–Trinajstić information content (AvgIpc) is 2.44. The molecule has 1 saturated heterocycles. The molecule has 3 atom stereocenters. The van der Waals surface area contributed by atoms with E-state index in [1.807, 2.05) is 26.8 Å². The second kappa shape index (κ2) is 5.61. The molecule has 0 radical (unpaired) electrons. The van der Waals surface area contributed by atoms with Crippen molar-refractivity contribution >= 4 is 17.5 Å². The predicted molar refractivity (Wildman–Crippen MR) is 77.3 cm³/mol. The molecule has 0 saturated carbocycles. The normalized spacial score (nSPS) is 24.5. The zero-order valence-electron chi connectivity index (χ0n) is 12.4. The van der Waals surface area contributed by atoms with Crippen LogP contribution in [-0.2, 0) is 9.59 Å². The van der Waals surface area contributed by atoms with Crippen molar-refractivity contribution in [2.24, 2.45) is 5.92 Å². The molecule has 3 unspecified atom stereocenters. The summed E-state index contributed by atoms with van der Waals surface area (Å²) in [5.41, 5.74) is 1.47. The van der Waals surface area contributed by atoms with E-state index in [0.29, 0.717) is 5.69 Å². The summed E-state index contributed by atoms with van der Waals surface area (Å²) in [5, 5.41) is 2.84. The highest BCUT2D eigenvalue weighted by Crippen LogP contribution is 2.26. The summed E-state index contributed by atoms with van der Waals surface area (Å²) in [5.74, 6) is -0.0564. The molecule has 5 heteroatoms. The van der Waals surface area contributed by atoms with Gasteiger partial charge in [-0.1, -0.05) is 20.3 Å². The highest BCUT2D eigenvalue weighted by molar-refractivity contribution is 6.08. The fourth-order valence-corrected chi connectivity index (χ4v) is 2.47. The lowest BCUT2D eigenvalue weighted by molar-refractivity contribution is -0.134. The largest absolute Gasteiger partial charge is 0.342 e. The third kappa shape index (κ3) is 2.40. The molecule has 1 fully saturated rings. The number of hydrogen-bond acceptors (Lipinski definition) is 3. The minimum Gasteiger partial charge on any atom is -0.342 e. The molecule has 0 aromatic carbocycles. The van der Waals surface area contributed by atoms with E-state index in [1.165, 1.54) is 0 Å². The van der Waals surface area contributed by atoms with Crippen molar-refractivity contribution in [3.05, 3.63) is 24.0 Å². The van der Waals surface area contributed by atoms with Crippen LogP contribution in [0, 0.1) is 12.8 Å². The Morgan fingerprint density at radius 3 is 2.75 bits per heavy atom. The summed E-state index contributed by atoms with van der Waals surface area (Å²) >= 11 is 0. The molecule has 20 heavy (non-hydrogen) atoms. The van der Waals surface area contributed by atoms with Crippen molar-refractivity contribution in [3.8, 4) is 0 Å². The molecule has 1 aromatic heterocycles. The molecule has 0 bridgehead atoms. The van der Waals surface area contributed by atoms with E-state index < -0.39 is 12.1 Å². The molecule has 5 nitrogen and oxygen atoms in total. The van der Waals surface area contributed by atoms with E-state index in [9.17, 15) is 9.59 Å². The Morgan fingerprint density at radius 1 is 1.45 bits per heavy atom. The quantitative estimate of drug-likeness (QED) is 0.912. The molecule has 0 spiro atoms. The number of nitrogens with one attached hydrogen (secondary N) is 1. The molecule has 1 aliphatic rings. The highest BCUT2D eigenvalue weighted by Gasteiger charge is 2.41. The van der Waals surface area contributed by atoms with E-state index in [4.69, 9.17) is 0 Å².